The molecule has 17 heavy (non-hydrogen) atoms. The molecule has 0 bridgehead atoms. The summed E-state index contributed by atoms with van der Waals surface area (Å²) in [4.78, 5) is 6.83. The predicted molar refractivity (Wildman–Crippen MR) is 65.6 cm³/mol. The molecule has 0 unspecified atom stereocenters. The fourth-order valence-electron chi connectivity index (χ4n) is 2.09. The third-order valence-electron chi connectivity index (χ3n) is 3.08. The number of aromatic nitrogens is 2. The lowest BCUT2D eigenvalue weighted by atomic mass is 10.1. The summed E-state index contributed by atoms with van der Waals surface area (Å²) >= 11 is 0. The molecular weight excluding hydrogens is 216 g/mol. The summed E-state index contributed by atoms with van der Waals surface area (Å²) in [5, 5.41) is 7.43. The van der Waals surface area contributed by atoms with E-state index in [-0.39, 0.29) is 0 Å². The molecule has 1 aromatic rings. The van der Waals surface area contributed by atoms with Crippen LogP contribution < -0.4 is 5.32 Å². The maximum Gasteiger partial charge on any atom is 0.226 e. The van der Waals surface area contributed by atoms with Crippen LogP contribution in [-0.2, 0) is 13.0 Å². The standard InChI is InChI=1S/C12H22N4O/c1-9(2)6-12-14-11(15-17-12)8-16-5-4-13-7-10(16)3/h9-10,13H,4-8H2,1-3H3/t10-/m1/s1. The summed E-state index contributed by atoms with van der Waals surface area (Å²) in [5.41, 5.74) is 0. The van der Waals surface area contributed by atoms with Crippen LogP contribution in [0, 0.1) is 5.92 Å². The molecule has 0 amide bonds. The molecule has 1 fully saturated rings. The molecule has 1 N–H and O–H groups in total. The van der Waals surface area contributed by atoms with Crippen molar-refractivity contribution in [2.45, 2.75) is 39.8 Å². The maximum absolute atomic E-state index is 5.25. The minimum atomic E-state index is 0.538. The zero-order valence-electron chi connectivity index (χ0n) is 10.9. The SMILES string of the molecule is CC(C)Cc1nc(CN2CCNC[C@H]2C)no1. The Morgan fingerprint density at radius 1 is 1.53 bits per heavy atom. The number of piperazine rings is 1. The van der Waals surface area contributed by atoms with E-state index in [1.807, 2.05) is 0 Å². The van der Waals surface area contributed by atoms with Gasteiger partial charge >= 0.3 is 0 Å². The molecule has 0 saturated carbocycles. The molecular formula is C12H22N4O. The molecule has 0 radical (unpaired) electrons. The van der Waals surface area contributed by atoms with Crippen LogP contribution in [0.2, 0.25) is 0 Å². The molecule has 1 aliphatic heterocycles. The van der Waals surface area contributed by atoms with E-state index in [4.69, 9.17) is 4.52 Å². The number of nitrogens with one attached hydrogen (secondary N) is 1. The molecule has 1 saturated heterocycles. The lowest BCUT2D eigenvalue weighted by molar-refractivity contribution is 0.160. The Morgan fingerprint density at radius 2 is 2.35 bits per heavy atom. The van der Waals surface area contributed by atoms with Crippen LogP contribution in [0.4, 0.5) is 0 Å². The zero-order valence-corrected chi connectivity index (χ0v) is 10.9. The van der Waals surface area contributed by atoms with E-state index in [1.165, 1.54) is 0 Å². The van der Waals surface area contributed by atoms with E-state index in [9.17, 15) is 0 Å². The van der Waals surface area contributed by atoms with E-state index < -0.39 is 0 Å². The fourth-order valence-corrected chi connectivity index (χ4v) is 2.09. The minimum Gasteiger partial charge on any atom is -0.339 e. The second kappa shape index (κ2) is 5.60. The third kappa shape index (κ3) is 3.51. The van der Waals surface area contributed by atoms with Crippen molar-refractivity contribution in [1.29, 1.82) is 0 Å². The molecule has 96 valence electrons. The Morgan fingerprint density at radius 3 is 3.06 bits per heavy atom. The van der Waals surface area contributed by atoms with E-state index in [0.29, 0.717) is 12.0 Å². The Labute approximate surface area is 103 Å². The summed E-state index contributed by atoms with van der Waals surface area (Å²) in [6.07, 6.45) is 0.865. The van der Waals surface area contributed by atoms with Gasteiger partial charge in [-0.3, -0.25) is 4.90 Å². The van der Waals surface area contributed by atoms with Gasteiger partial charge in [0.15, 0.2) is 5.82 Å². The summed E-state index contributed by atoms with van der Waals surface area (Å²) in [5.74, 6) is 2.13. The summed E-state index contributed by atoms with van der Waals surface area (Å²) < 4.78 is 5.25. The molecule has 0 aromatic carbocycles. The van der Waals surface area contributed by atoms with E-state index in [2.05, 4.69) is 41.1 Å². The second-order valence-corrected chi connectivity index (χ2v) is 5.23. The Hall–Kier alpha value is -0.940. The second-order valence-electron chi connectivity index (χ2n) is 5.23. The normalized spacial score (nSPS) is 22.2. The summed E-state index contributed by atoms with van der Waals surface area (Å²) in [7, 11) is 0. The number of nitrogens with zero attached hydrogens (tertiary/aromatic N) is 3. The highest BCUT2D eigenvalue weighted by Crippen LogP contribution is 2.10. The van der Waals surface area contributed by atoms with Crippen LogP contribution in [0.5, 0.6) is 0 Å². The van der Waals surface area contributed by atoms with Gasteiger partial charge in [-0.25, -0.2) is 0 Å². The highest BCUT2D eigenvalue weighted by atomic mass is 16.5. The predicted octanol–water partition coefficient (Wildman–Crippen LogP) is 1.06. The van der Waals surface area contributed by atoms with Gasteiger partial charge in [0.2, 0.25) is 5.89 Å². The van der Waals surface area contributed by atoms with Crippen molar-refractivity contribution < 1.29 is 4.52 Å². The van der Waals surface area contributed by atoms with Gasteiger partial charge in [0, 0.05) is 32.1 Å². The van der Waals surface area contributed by atoms with Crippen LogP contribution in [0.15, 0.2) is 4.52 Å². The van der Waals surface area contributed by atoms with Crippen molar-refractivity contribution in [2.75, 3.05) is 19.6 Å². The highest BCUT2D eigenvalue weighted by Gasteiger charge is 2.20. The van der Waals surface area contributed by atoms with Gasteiger partial charge in [0.25, 0.3) is 0 Å². The largest absolute Gasteiger partial charge is 0.339 e. The van der Waals surface area contributed by atoms with Crippen LogP contribution in [-0.4, -0.2) is 40.7 Å². The van der Waals surface area contributed by atoms with Crippen LogP contribution in [0.1, 0.15) is 32.5 Å². The van der Waals surface area contributed by atoms with E-state index in [1.54, 1.807) is 0 Å². The van der Waals surface area contributed by atoms with Crippen molar-refractivity contribution >= 4 is 0 Å². The van der Waals surface area contributed by atoms with Crippen LogP contribution in [0.25, 0.3) is 0 Å². The molecule has 1 aliphatic rings. The lowest BCUT2D eigenvalue weighted by Gasteiger charge is -2.32. The van der Waals surface area contributed by atoms with Crippen molar-refractivity contribution in [3.63, 3.8) is 0 Å². The van der Waals surface area contributed by atoms with Gasteiger partial charge < -0.3 is 9.84 Å². The van der Waals surface area contributed by atoms with Gasteiger partial charge in [-0.2, -0.15) is 4.98 Å². The van der Waals surface area contributed by atoms with E-state index >= 15 is 0 Å². The third-order valence-corrected chi connectivity index (χ3v) is 3.08. The molecule has 5 nitrogen and oxygen atoms in total. The first kappa shape index (κ1) is 12.5. The Kier molecular flexibility index (Phi) is 4.12. The van der Waals surface area contributed by atoms with Gasteiger partial charge in [-0.15, -0.1) is 0 Å². The van der Waals surface area contributed by atoms with Crippen molar-refractivity contribution in [3.8, 4) is 0 Å². The molecule has 1 atom stereocenters. The summed E-state index contributed by atoms with van der Waals surface area (Å²) in [6.45, 7) is 10.5. The highest BCUT2D eigenvalue weighted by molar-refractivity contribution is 4.89. The average molecular weight is 238 g/mol. The first-order valence-corrected chi connectivity index (χ1v) is 6.41. The van der Waals surface area contributed by atoms with Gasteiger partial charge in [0.1, 0.15) is 0 Å². The molecule has 5 heteroatoms. The number of hydrogen-bond acceptors (Lipinski definition) is 5. The quantitative estimate of drug-likeness (QED) is 0.850. The smallest absolute Gasteiger partial charge is 0.226 e. The first-order chi connectivity index (χ1) is 8.15. The molecule has 1 aromatic heterocycles. The Bertz CT molecular complexity index is 350. The van der Waals surface area contributed by atoms with E-state index in [0.717, 1.165) is 44.3 Å². The average Bonchev–Trinajstić information content (AvgIpc) is 2.68. The number of rotatable bonds is 4. The van der Waals surface area contributed by atoms with Gasteiger partial charge in [0.05, 0.1) is 6.54 Å². The van der Waals surface area contributed by atoms with Gasteiger partial charge in [-0.05, 0) is 12.8 Å². The summed E-state index contributed by atoms with van der Waals surface area (Å²) in [6, 6.07) is 0.538. The lowest BCUT2D eigenvalue weighted by Crippen LogP contribution is -2.49. The molecule has 2 heterocycles. The van der Waals surface area contributed by atoms with Crippen molar-refractivity contribution in [3.05, 3.63) is 11.7 Å². The topological polar surface area (TPSA) is 54.2 Å². The van der Waals surface area contributed by atoms with Gasteiger partial charge in [-0.1, -0.05) is 19.0 Å². The monoisotopic (exact) mass is 238 g/mol. The zero-order chi connectivity index (χ0) is 12.3. The molecule has 2 rings (SSSR count). The maximum atomic E-state index is 5.25. The van der Waals surface area contributed by atoms with Crippen molar-refractivity contribution in [2.24, 2.45) is 5.92 Å². The minimum absolute atomic E-state index is 0.538. The molecule has 0 aliphatic carbocycles. The van der Waals surface area contributed by atoms with Crippen LogP contribution >= 0.6 is 0 Å². The van der Waals surface area contributed by atoms with Crippen molar-refractivity contribution in [1.82, 2.24) is 20.4 Å². The first-order valence-electron chi connectivity index (χ1n) is 6.41. The van der Waals surface area contributed by atoms with Crippen LogP contribution in [0.3, 0.4) is 0 Å². The number of hydrogen-bond donors (Lipinski definition) is 1. The fraction of sp³-hybridized carbons (Fsp3) is 0.833. The Balaban J connectivity index is 1.91. The molecule has 0 spiro atoms.